The molecule has 0 amide bonds. The predicted octanol–water partition coefficient (Wildman–Crippen LogP) is 7.45. The molecular formula is C35H42N2O2. The minimum Gasteiger partial charge on any atom is -0.383 e. The highest BCUT2D eigenvalue weighted by Gasteiger charge is 2.18. The molecule has 0 saturated carbocycles. The summed E-state index contributed by atoms with van der Waals surface area (Å²) in [5.41, 5.74) is 7.51. The van der Waals surface area contributed by atoms with Crippen LogP contribution in [0, 0.1) is 5.41 Å². The van der Waals surface area contributed by atoms with E-state index in [9.17, 15) is 0 Å². The van der Waals surface area contributed by atoms with Gasteiger partial charge in [-0.1, -0.05) is 98.8 Å². The van der Waals surface area contributed by atoms with Gasteiger partial charge in [0.2, 0.25) is 0 Å². The molecule has 4 nitrogen and oxygen atoms in total. The van der Waals surface area contributed by atoms with E-state index in [-0.39, 0.29) is 5.41 Å². The predicted molar refractivity (Wildman–Crippen MR) is 164 cm³/mol. The van der Waals surface area contributed by atoms with Crippen LogP contribution in [0.5, 0.6) is 0 Å². The van der Waals surface area contributed by atoms with Crippen LogP contribution in [0.3, 0.4) is 0 Å². The molecule has 2 N–H and O–H groups in total. The fourth-order valence-corrected chi connectivity index (χ4v) is 4.42. The Labute approximate surface area is 234 Å². The SMILES string of the molecule is CC(C)(COCCNc1ccc(Cc2ccccc2)cc1)COCCNc1ccc(Cc2ccccc2)cc1. The van der Waals surface area contributed by atoms with Gasteiger partial charge in [-0.2, -0.15) is 0 Å². The van der Waals surface area contributed by atoms with Crippen molar-refractivity contribution in [3.05, 3.63) is 131 Å². The van der Waals surface area contributed by atoms with E-state index in [4.69, 9.17) is 9.47 Å². The van der Waals surface area contributed by atoms with Crippen LogP contribution >= 0.6 is 0 Å². The first-order valence-corrected chi connectivity index (χ1v) is 13.9. The van der Waals surface area contributed by atoms with Gasteiger partial charge in [-0.05, 0) is 59.4 Å². The molecule has 39 heavy (non-hydrogen) atoms. The molecule has 0 aliphatic carbocycles. The zero-order valence-electron chi connectivity index (χ0n) is 23.4. The number of hydrogen-bond acceptors (Lipinski definition) is 4. The second-order valence-electron chi connectivity index (χ2n) is 10.8. The molecule has 0 spiro atoms. The Hall–Kier alpha value is -3.60. The van der Waals surface area contributed by atoms with Gasteiger partial charge >= 0.3 is 0 Å². The number of benzene rings is 4. The molecular weight excluding hydrogens is 480 g/mol. The Kier molecular flexibility index (Phi) is 11.0. The van der Waals surface area contributed by atoms with E-state index in [1.807, 2.05) is 0 Å². The van der Waals surface area contributed by atoms with Gasteiger partial charge < -0.3 is 20.1 Å². The Morgan fingerprint density at radius 1 is 0.487 bits per heavy atom. The van der Waals surface area contributed by atoms with Crippen molar-refractivity contribution in [2.45, 2.75) is 26.7 Å². The van der Waals surface area contributed by atoms with Crippen LogP contribution in [-0.4, -0.2) is 39.5 Å². The Bertz CT molecular complexity index is 1110. The van der Waals surface area contributed by atoms with Crippen LogP contribution in [0.25, 0.3) is 0 Å². The summed E-state index contributed by atoms with van der Waals surface area (Å²) in [6.45, 7) is 8.59. The third kappa shape index (κ3) is 10.6. The first-order valence-electron chi connectivity index (χ1n) is 13.9. The lowest BCUT2D eigenvalue weighted by Crippen LogP contribution is -2.28. The maximum absolute atomic E-state index is 5.94. The van der Waals surface area contributed by atoms with Gasteiger partial charge in [0, 0.05) is 29.9 Å². The van der Waals surface area contributed by atoms with Crippen LogP contribution < -0.4 is 10.6 Å². The zero-order chi connectivity index (χ0) is 27.2. The van der Waals surface area contributed by atoms with Gasteiger partial charge in [-0.15, -0.1) is 0 Å². The monoisotopic (exact) mass is 522 g/mol. The highest BCUT2D eigenvalue weighted by Crippen LogP contribution is 2.17. The molecule has 0 aliphatic heterocycles. The number of rotatable bonds is 16. The summed E-state index contributed by atoms with van der Waals surface area (Å²) in [6, 6.07) is 38.4. The summed E-state index contributed by atoms with van der Waals surface area (Å²) in [7, 11) is 0. The van der Waals surface area contributed by atoms with Crippen molar-refractivity contribution in [1.82, 2.24) is 0 Å². The molecule has 0 aliphatic rings. The summed E-state index contributed by atoms with van der Waals surface area (Å²) >= 11 is 0. The fourth-order valence-electron chi connectivity index (χ4n) is 4.42. The summed E-state index contributed by atoms with van der Waals surface area (Å²) in [5.74, 6) is 0. The molecule has 4 rings (SSSR count). The molecule has 0 fully saturated rings. The van der Waals surface area contributed by atoms with Crippen molar-refractivity contribution < 1.29 is 9.47 Å². The number of ether oxygens (including phenoxy) is 2. The molecule has 4 heteroatoms. The highest BCUT2D eigenvalue weighted by atomic mass is 16.5. The maximum atomic E-state index is 5.94. The van der Waals surface area contributed by atoms with Gasteiger partial charge in [-0.25, -0.2) is 0 Å². The van der Waals surface area contributed by atoms with Gasteiger partial charge in [0.25, 0.3) is 0 Å². The van der Waals surface area contributed by atoms with E-state index in [0.717, 1.165) is 37.3 Å². The summed E-state index contributed by atoms with van der Waals surface area (Å²) in [6.07, 6.45) is 1.92. The van der Waals surface area contributed by atoms with Crippen molar-refractivity contribution in [2.75, 3.05) is 50.2 Å². The van der Waals surface area contributed by atoms with Crippen molar-refractivity contribution in [1.29, 1.82) is 0 Å². The van der Waals surface area contributed by atoms with Gasteiger partial charge in [0.05, 0.1) is 26.4 Å². The first kappa shape index (κ1) is 28.4. The second-order valence-corrected chi connectivity index (χ2v) is 10.8. The highest BCUT2D eigenvalue weighted by molar-refractivity contribution is 5.46. The van der Waals surface area contributed by atoms with E-state index in [0.29, 0.717) is 26.4 Å². The molecule has 4 aromatic carbocycles. The molecule has 204 valence electrons. The Morgan fingerprint density at radius 2 is 0.846 bits per heavy atom. The van der Waals surface area contributed by atoms with Crippen LogP contribution in [0.15, 0.2) is 109 Å². The molecule has 0 aromatic heterocycles. The largest absolute Gasteiger partial charge is 0.383 e. The molecule has 0 unspecified atom stereocenters. The van der Waals surface area contributed by atoms with Crippen molar-refractivity contribution in [3.8, 4) is 0 Å². The molecule has 0 bridgehead atoms. The standard InChI is InChI=1S/C35H42N2O2/c1-35(2,27-38-23-21-36-33-17-13-31(14-18-33)25-29-9-5-3-6-10-29)28-39-24-22-37-34-19-15-32(16-20-34)26-30-11-7-4-8-12-30/h3-20,36-37H,21-28H2,1-2H3. The van der Waals surface area contributed by atoms with Crippen molar-refractivity contribution in [3.63, 3.8) is 0 Å². The van der Waals surface area contributed by atoms with Crippen LogP contribution in [0.2, 0.25) is 0 Å². The minimum absolute atomic E-state index is 0.0296. The number of hydrogen-bond donors (Lipinski definition) is 2. The lowest BCUT2D eigenvalue weighted by molar-refractivity contribution is 0.00211. The number of anilines is 2. The average Bonchev–Trinajstić information content (AvgIpc) is 2.95. The van der Waals surface area contributed by atoms with Crippen LogP contribution in [0.4, 0.5) is 11.4 Å². The molecule has 0 radical (unpaired) electrons. The van der Waals surface area contributed by atoms with E-state index >= 15 is 0 Å². The van der Waals surface area contributed by atoms with E-state index in [1.165, 1.54) is 22.3 Å². The minimum atomic E-state index is -0.0296. The average molecular weight is 523 g/mol. The fraction of sp³-hybridized carbons (Fsp3) is 0.314. The summed E-state index contributed by atoms with van der Waals surface area (Å²) < 4.78 is 11.9. The summed E-state index contributed by atoms with van der Waals surface area (Å²) in [5, 5.41) is 6.90. The van der Waals surface area contributed by atoms with Crippen LogP contribution in [0.1, 0.15) is 36.1 Å². The first-order chi connectivity index (χ1) is 19.1. The lowest BCUT2D eigenvalue weighted by Gasteiger charge is -2.24. The number of nitrogens with one attached hydrogen (secondary N) is 2. The normalized spacial score (nSPS) is 11.3. The molecule has 0 heterocycles. The van der Waals surface area contributed by atoms with Crippen molar-refractivity contribution >= 4 is 11.4 Å². The Morgan fingerprint density at radius 3 is 1.23 bits per heavy atom. The Balaban J connectivity index is 1.04. The quantitative estimate of drug-likeness (QED) is 0.150. The second kappa shape index (κ2) is 15.1. The van der Waals surface area contributed by atoms with E-state index in [2.05, 4.69) is 134 Å². The van der Waals surface area contributed by atoms with Crippen molar-refractivity contribution in [2.24, 2.45) is 5.41 Å². The molecule has 0 atom stereocenters. The third-order valence-electron chi connectivity index (χ3n) is 6.55. The summed E-state index contributed by atoms with van der Waals surface area (Å²) in [4.78, 5) is 0. The third-order valence-corrected chi connectivity index (χ3v) is 6.55. The molecule has 4 aromatic rings. The zero-order valence-corrected chi connectivity index (χ0v) is 23.4. The maximum Gasteiger partial charge on any atom is 0.0639 e. The van der Waals surface area contributed by atoms with Gasteiger partial charge in [0.1, 0.15) is 0 Å². The van der Waals surface area contributed by atoms with Gasteiger partial charge in [0.15, 0.2) is 0 Å². The lowest BCUT2D eigenvalue weighted by atomic mass is 9.96. The van der Waals surface area contributed by atoms with E-state index < -0.39 is 0 Å². The molecule has 0 saturated heterocycles. The van der Waals surface area contributed by atoms with Crippen LogP contribution in [-0.2, 0) is 22.3 Å². The van der Waals surface area contributed by atoms with Gasteiger partial charge in [-0.3, -0.25) is 0 Å². The smallest absolute Gasteiger partial charge is 0.0639 e. The van der Waals surface area contributed by atoms with E-state index in [1.54, 1.807) is 0 Å². The topological polar surface area (TPSA) is 42.5 Å².